The van der Waals surface area contributed by atoms with Crippen LogP contribution in [0.5, 0.6) is 0 Å². The number of hydrogen-bond donors (Lipinski definition) is 1. The quantitative estimate of drug-likeness (QED) is 0.102. The zero-order chi connectivity index (χ0) is 42.4. The molecule has 1 aliphatic carbocycles. The molecule has 0 atom stereocenters. The molecule has 2 aromatic carbocycles. The molecular formula is C51H94N4O. The summed E-state index contributed by atoms with van der Waals surface area (Å²) in [6.07, 6.45) is 15.2. The van der Waals surface area contributed by atoms with E-state index in [1.54, 1.807) is 11.1 Å². The number of aliphatic hydroxyl groups excluding tert-OH is 1. The zero-order valence-corrected chi connectivity index (χ0v) is 40.0. The number of rotatable bonds is 25. The molecule has 5 heteroatoms. The van der Waals surface area contributed by atoms with Crippen molar-refractivity contribution >= 4 is 0 Å². The van der Waals surface area contributed by atoms with Gasteiger partial charge in [0.2, 0.25) is 0 Å². The van der Waals surface area contributed by atoms with E-state index in [9.17, 15) is 5.11 Å². The lowest BCUT2D eigenvalue weighted by Crippen LogP contribution is -2.31. The minimum Gasteiger partial charge on any atom is -0.395 e. The summed E-state index contributed by atoms with van der Waals surface area (Å²) in [5.74, 6) is 0. The maximum atomic E-state index is 9.45. The average Bonchev–Trinajstić information content (AvgIpc) is 3.42. The summed E-state index contributed by atoms with van der Waals surface area (Å²) in [6, 6.07) is 15.0. The van der Waals surface area contributed by atoms with E-state index in [0.717, 1.165) is 19.6 Å². The second kappa shape index (κ2) is 27.1. The molecule has 0 unspecified atom stereocenters. The van der Waals surface area contributed by atoms with Gasteiger partial charge in [0.15, 0.2) is 0 Å². The van der Waals surface area contributed by atoms with E-state index in [1.807, 2.05) is 27.7 Å². The van der Waals surface area contributed by atoms with Gasteiger partial charge in [-0.15, -0.1) is 0 Å². The first-order chi connectivity index (χ1) is 26.6. The van der Waals surface area contributed by atoms with Crippen molar-refractivity contribution in [3.63, 3.8) is 0 Å². The zero-order valence-electron chi connectivity index (χ0n) is 40.0. The van der Waals surface area contributed by atoms with Crippen LogP contribution in [-0.2, 0) is 16.2 Å². The van der Waals surface area contributed by atoms with Crippen molar-refractivity contribution < 1.29 is 5.11 Å². The molecule has 0 spiro atoms. The van der Waals surface area contributed by atoms with Crippen molar-refractivity contribution in [1.82, 2.24) is 19.6 Å². The van der Waals surface area contributed by atoms with Crippen molar-refractivity contribution in [2.75, 3.05) is 87.2 Å². The monoisotopic (exact) mass is 779 g/mol. The molecule has 0 saturated carbocycles. The minimum absolute atomic E-state index is 0.0733. The van der Waals surface area contributed by atoms with Crippen molar-refractivity contribution in [3.05, 3.63) is 58.7 Å². The smallest absolute Gasteiger partial charge is 0.0558 e. The van der Waals surface area contributed by atoms with E-state index in [4.69, 9.17) is 0 Å². The molecule has 0 aromatic heterocycles. The van der Waals surface area contributed by atoms with Crippen molar-refractivity contribution in [3.8, 4) is 11.1 Å². The number of hydrogen-bond acceptors (Lipinski definition) is 5. The fourth-order valence-electron chi connectivity index (χ4n) is 8.45. The molecule has 1 N–H and O–H groups in total. The van der Waals surface area contributed by atoms with E-state index >= 15 is 0 Å². The Bertz CT molecular complexity index is 1230. The Kier molecular flexibility index (Phi) is 25.3. The Morgan fingerprint density at radius 1 is 0.482 bits per heavy atom. The summed E-state index contributed by atoms with van der Waals surface area (Å²) in [4.78, 5) is 9.77. The number of aliphatic hydroxyl groups is 1. The normalized spacial score (nSPS) is 13.5. The van der Waals surface area contributed by atoms with E-state index in [2.05, 4.69) is 133 Å². The Labute approximate surface area is 350 Å². The van der Waals surface area contributed by atoms with Crippen LogP contribution >= 0.6 is 0 Å². The van der Waals surface area contributed by atoms with E-state index in [0.29, 0.717) is 0 Å². The maximum Gasteiger partial charge on any atom is 0.0558 e. The average molecular weight is 779 g/mol. The molecular weight excluding hydrogens is 685 g/mol. The first-order valence-corrected chi connectivity index (χ1v) is 23.3. The SMILES string of the molecule is CC.CC.CCN(CCO)CCCCCCC1(CCCCCCN(CCCN(C)C)CCCN(C)C)c2cc(C(C)(C)C)ccc2-c2ccc(C(C)(C)C)cc21. The van der Waals surface area contributed by atoms with Gasteiger partial charge in [0.1, 0.15) is 0 Å². The summed E-state index contributed by atoms with van der Waals surface area (Å²) < 4.78 is 0. The molecule has 0 heterocycles. The molecule has 2 aromatic rings. The summed E-state index contributed by atoms with van der Waals surface area (Å²) >= 11 is 0. The predicted molar refractivity (Wildman–Crippen MR) is 251 cm³/mol. The lowest BCUT2D eigenvalue weighted by molar-refractivity contribution is 0.199. The Morgan fingerprint density at radius 3 is 1.21 bits per heavy atom. The summed E-state index contributed by atoms with van der Waals surface area (Å²) in [7, 11) is 8.77. The fraction of sp³-hybridized carbons (Fsp3) is 0.765. The molecule has 0 radical (unpaired) electrons. The van der Waals surface area contributed by atoms with E-state index in [1.165, 1.54) is 132 Å². The molecule has 56 heavy (non-hydrogen) atoms. The highest BCUT2D eigenvalue weighted by atomic mass is 16.3. The third-order valence-electron chi connectivity index (χ3n) is 11.8. The van der Waals surface area contributed by atoms with Gasteiger partial charge < -0.3 is 24.7 Å². The van der Waals surface area contributed by atoms with Crippen LogP contribution in [-0.4, -0.2) is 112 Å². The van der Waals surface area contributed by atoms with Gasteiger partial charge in [0.05, 0.1) is 6.61 Å². The van der Waals surface area contributed by atoms with Crippen molar-refractivity contribution in [2.45, 2.75) is 169 Å². The molecule has 0 fully saturated rings. The molecule has 324 valence electrons. The van der Waals surface area contributed by atoms with Crippen LogP contribution in [0.25, 0.3) is 11.1 Å². The molecule has 1 aliphatic rings. The van der Waals surface area contributed by atoms with Crippen LogP contribution in [0.4, 0.5) is 0 Å². The van der Waals surface area contributed by atoms with Gasteiger partial charge in [-0.2, -0.15) is 0 Å². The number of unbranched alkanes of at least 4 members (excludes halogenated alkanes) is 6. The van der Waals surface area contributed by atoms with Crippen LogP contribution in [0.3, 0.4) is 0 Å². The Hall–Kier alpha value is -1.76. The minimum atomic E-state index is 0.0733. The first-order valence-electron chi connectivity index (χ1n) is 23.3. The van der Waals surface area contributed by atoms with Crippen molar-refractivity contribution in [2.24, 2.45) is 0 Å². The van der Waals surface area contributed by atoms with Gasteiger partial charge in [-0.1, -0.05) is 151 Å². The standard InChI is InChI=1S/C47H82N4O.2C2H6/c1-12-50(35-36-52)31-19-15-13-17-27-47(28-18-14-16-20-32-51(33-21-29-48(8)9)34-22-30-49(10)11)43-37-39(45(2,3)4)23-25-41(43)42-26-24-40(38-44(42)47)46(5,6)7;2*1-2/h23-26,37-38,52H,12-22,27-36H2,1-11H3;2*1-2H3. The van der Waals surface area contributed by atoms with Crippen LogP contribution < -0.4 is 0 Å². The molecule has 0 saturated heterocycles. The summed E-state index contributed by atoms with van der Waals surface area (Å²) in [5.41, 5.74) is 9.42. The maximum absolute atomic E-state index is 9.45. The van der Waals surface area contributed by atoms with Crippen LogP contribution in [0.15, 0.2) is 36.4 Å². The van der Waals surface area contributed by atoms with Gasteiger partial charge in [0.25, 0.3) is 0 Å². The predicted octanol–water partition coefficient (Wildman–Crippen LogP) is 12.0. The van der Waals surface area contributed by atoms with Crippen LogP contribution in [0.2, 0.25) is 0 Å². The van der Waals surface area contributed by atoms with Crippen LogP contribution in [0, 0.1) is 0 Å². The van der Waals surface area contributed by atoms with Gasteiger partial charge in [-0.05, 0) is 157 Å². The van der Waals surface area contributed by atoms with Gasteiger partial charge in [0, 0.05) is 12.0 Å². The third kappa shape index (κ3) is 17.2. The second-order valence-corrected chi connectivity index (χ2v) is 18.7. The van der Waals surface area contributed by atoms with Gasteiger partial charge in [-0.3, -0.25) is 0 Å². The number of nitrogens with zero attached hydrogens (tertiary/aromatic N) is 4. The highest BCUT2D eigenvalue weighted by molar-refractivity contribution is 5.82. The topological polar surface area (TPSA) is 33.2 Å². The van der Waals surface area contributed by atoms with Gasteiger partial charge >= 0.3 is 0 Å². The molecule has 0 bridgehead atoms. The van der Waals surface area contributed by atoms with Crippen LogP contribution in [0.1, 0.15) is 175 Å². The fourth-order valence-corrected chi connectivity index (χ4v) is 8.45. The molecule has 0 amide bonds. The number of likely N-dealkylation sites (N-methyl/N-ethyl adjacent to an activating group) is 1. The van der Waals surface area contributed by atoms with Crippen molar-refractivity contribution in [1.29, 1.82) is 0 Å². The lowest BCUT2D eigenvalue weighted by Gasteiger charge is -2.35. The molecule has 0 aliphatic heterocycles. The number of benzene rings is 2. The highest BCUT2D eigenvalue weighted by Crippen LogP contribution is 2.55. The molecule has 5 nitrogen and oxygen atoms in total. The molecule has 3 rings (SSSR count). The number of fused-ring (bicyclic) bond motifs is 3. The van der Waals surface area contributed by atoms with E-state index < -0.39 is 0 Å². The first kappa shape index (κ1) is 52.3. The second-order valence-electron chi connectivity index (χ2n) is 18.7. The lowest BCUT2D eigenvalue weighted by atomic mass is 9.69. The third-order valence-corrected chi connectivity index (χ3v) is 11.8. The highest BCUT2D eigenvalue weighted by Gasteiger charge is 2.43. The Balaban J connectivity index is 0.00000379. The Morgan fingerprint density at radius 2 is 0.857 bits per heavy atom. The largest absolute Gasteiger partial charge is 0.395 e. The summed E-state index contributed by atoms with van der Waals surface area (Å²) in [6.45, 7) is 33.6. The summed E-state index contributed by atoms with van der Waals surface area (Å²) in [5, 5.41) is 9.45. The van der Waals surface area contributed by atoms with E-state index in [-0.39, 0.29) is 22.9 Å². The van der Waals surface area contributed by atoms with Gasteiger partial charge in [-0.25, -0.2) is 0 Å².